The molecule has 0 amide bonds. The van der Waals surface area contributed by atoms with Crippen LogP contribution in [-0.4, -0.2) is 68.6 Å². The zero-order valence-corrected chi connectivity index (χ0v) is 17.7. The maximum Gasteiger partial charge on any atom is 0.356 e. The number of esters is 1. The number of hydrogen-bond acceptors (Lipinski definition) is 6. The quantitative estimate of drug-likeness (QED) is 0.279. The first-order valence-corrected chi connectivity index (χ1v) is 9.82. The van der Waals surface area contributed by atoms with Gasteiger partial charge in [-0.2, -0.15) is 0 Å². The van der Waals surface area contributed by atoms with Gasteiger partial charge < -0.3 is 24.5 Å². The van der Waals surface area contributed by atoms with Gasteiger partial charge in [0.25, 0.3) is 6.43 Å². The highest BCUT2D eigenvalue weighted by Crippen LogP contribution is 2.20. The predicted molar refractivity (Wildman–Crippen MR) is 110 cm³/mol. The fraction of sp³-hybridized carbons (Fsp3) is 0.476. The van der Waals surface area contributed by atoms with Crippen molar-refractivity contribution in [3.05, 3.63) is 47.8 Å². The second-order valence-corrected chi connectivity index (χ2v) is 6.72. The highest BCUT2D eigenvalue weighted by atomic mass is 19.3. The molecule has 10 heteroatoms. The van der Waals surface area contributed by atoms with E-state index in [4.69, 9.17) is 14.2 Å². The van der Waals surface area contributed by atoms with Crippen LogP contribution < -0.4 is 10.1 Å². The van der Waals surface area contributed by atoms with E-state index in [1.807, 2.05) is 0 Å². The SMILES string of the molecule is CCOC(=O)c1[nH]ccc1NCCOC(C(F)F)C(F)N(C)Cc1ccc(OC)cc1. The van der Waals surface area contributed by atoms with Crippen molar-refractivity contribution >= 4 is 11.7 Å². The van der Waals surface area contributed by atoms with Crippen LogP contribution in [0.15, 0.2) is 36.5 Å². The number of aromatic nitrogens is 1. The summed E-state index contributed by atoms with van der Waals surface area (Å²) in [6.45, 7) is 1.95. The second kappa shape index (κ2) is 12.2. The first-order valence-electron chi connectivity index (χ1n) is 9.82. The van der Waals surface area contributed by atoms with Crippen molar-refractivity contribution in [3.8, 4) is 5.75 Å². The molecular formula is C21H28F3N3O4. The Morgan fingerprint density at radius 2 is 1.90 bits per heavy atom. The number of halogens is 3. The van der Waals surface area contributed by atoms with Crippen molar-refractivity contribution in [1.82, 2.24) is 9.88 Å². The van der Waals surface area contributed by atoms with Crippen LogP contribution in [0, 0.1) is 0 Å². The number of likely N-dealkylation sites (N-methyl/N-ethyl adjacent to an activating group) is 1. The molecule has 31 heavy (non-hydrogen) atoms. The van der Waals surface area contributed by atoms with Gasteiger partial charge in [-0.25, -0.2) is 18.0 Å². The third-order valence-corrected chi connectivity index (χ3v) is 4.49. The van der Waals surface area contributed by atoms with Crippen LogP contribution in [0.25, 0.3) is 0 Å². The Bertz CT molecular complexity index is 801. The highest BCUT2D eigenvalue weighted by Gasteiger charge is 2.33. The molecule has 0 radical (unpaired) electrons. The number of hydrogen-bond donors (Lipinski definition) is 2. The number of ether oxygens (including phenoxy) is 3. The van der Waals surface area contributed by atoms with Gasteiger partial charge >= 0.3 is 5.97 Å². The Labute approximate surface area is 179 Å². The van der Waals surface area contributed by atoms with Crippen LogP contribution in [-0.2, 0) is 16.0 Å². The number of carbonyl (C=O) groups excluding carboxylic acids is 1. The summed E-state index contributed by atoms with van der Waals surface area (Å²) in [6.07, 6.45) is -5.38. The third kappa shape index (κ3) is 7.18. The van der Waals surface area contributed by atoms with Gasteiger partial charge in [-0.05, 0) is 37.7 Å². The lowest BCUT2D eigenvalue weighted by atomic mass is 10.2. The topological polar surface area (TPSA) is 75.8 Å². The van der Waals surface area contributed by atoms with Crippen LogP contribution in [0.1, 0.15) is 23.0 Å². The average Bonchev–Trinajstić information content (AvgIpc) is 3.22. The van der Waals surface area contributed by atoms with E-state index in [0.717, 1.165) is 10.5 Å². The maximum absolute atomic E-state index is 14.7. The average molecular weight is 443 g/mol. The molecule has 0 saturated carbocycles. The molecule has 0 saturated heterocycles. The van der Waals surface area contributed by atoms with Gasteiger partial charge in [-0.15, -0.1) is 0 Å². The first-order chi connectivity index (χ1) is 14.9. The number of rotatable bonds is 13. The van der Waals surface area contributed by atoms with Crippen LogP contribution in [0.2, 0.25) is 0 Å². The predicted octanol–water partition coefficient (Wildman–Crippen LogP) is 3.69. The van der Waals surface area contributed by atoms with E-state index in [1.165, 1.54) is 14.2 Å². The van der Waals surface area contributed by atoms with Gasteiger partial charge in [0, 0.05) is 19.3 Å². The lowest BCUT2D eigenvalue weighted by Crippen LogP contribution is -2.43. The van der Waals surface area contributed by atoms with Crippen molar-refractivity contribution in [3.63, 3.8) is 0 Å². The van der Waals surface area contributed by atoms with E-state index in [1.54, 1.807) is 43.5 Å². The molecule has 0 aliphatic carbocycles. The summed E-state index contributed by atoms with van der Waals surface area (Å²) in [5.74, 6) is 0.114. The van der Waals surface area contributed by atoms with Crippen LogP contribution in [0.5, 0.6) is 5.75 Å². The van der Waals surface area contributed by atoms with Gasteiger partial charge in [0.1, 0.15) is 11.4 Å². The molecule has 0 aliphatic heterocycles. The second-order valence-electron chi connectivity index (χ2n) is 6.72. The smallest absolute Gasteiger partial charge is 0.356 e. The molecule has 0 aliphatic rings. The number of methoxy groups -OCH3 is 1. The van der Waals surface area contributed by atoms with Crippen LogP contribution >= 0.6 is 0 Å². The summed E-state index contributed by atoms with van der Waals surface area (Å²) in [7, 11) is 2.95. The molecule has 2 atom stereocenters. The molecule has 2 unspecified atom stereocenters. The number of alkyl halides is 3. The highest BCUT2D eigenvalue weighted by molar-refractivity contribution is 5.93. The summed E-state index contributed by atoms with van der Waals surface area (Å²) in [5, 5.41) is 2.90. The zero-order chi connectivity index (χ0) is 22.8. The molecule has 1 aromatic carbocycles. The molecule has 2 N–H and O–H groups in total. The van der Waals surface area contributed by atoms with Crippen LogP contribution in [0.3, 0.4) is 0 Å². The molecule has 0 spiro atoms. The Kier molecular flexibility index (Phi) is 9.67. The van der Waals surface area contributed by atoms with Crippen molar-refractivity contribution in [2.45, 2.75) is 32.3 Å². The molecule has 2 aromatic rings. The minimum absolute atomic E-state index is 0.0996. The zero-order valence-electron chi connectivity index (χ0n) is 17.7. The van der Waals surface area contributed by atoms with E-state index >= 15 is 0 Å². The molecule has 0 bridgehead atoms. The Hall–Kier alpha value is -2.72. The minimum Gasteiger partial charge on any atom is -0.497 e. The fourth-order valence-corrected chi connectivity index (χ4v) is 2.90. The lowest BCUT2D eigenvalue weighted by molar-refractivity contribution is -0.128. The minimum atomic E-state index is -3.00. The molecular weight excluding hydrogens is 415 g/mol. The molecule has 1 heterocycles. The standard InChI is InChI=1S/C21H28F3N3O4/c1-4-30-21(28)17-16(9-10-26-17)25-11-12-31-18(19(22)23)20(24)27(2)13-14-5-7-15(29-3)8-6-14/h5-10,18-20,25-26H,4,11-13H2,1-3H3. The number of H-pyrrole nitrogens is 1. The Morgan fingerprint density at radius 3 is 2.52 bits per heavy atom. The van der Waals surface area contributed by atoms with E-state index in [0.29, 0.717) is 11.4 Å². The largest absolute Gasteiger partial charge is 0.497 e. The summed E-state index contributed by atoms with van der Waals surface area (Å²) >= 11 is 0. The fourth-order valence-electron chi connectivity index (χ4n) is 2.90. The third-order valence-electron chi connectivity index (χ3n) is 4.49. The van der Waals surface area contributed by atoms with Crippen molar-refractivity contribution in [2.75, 3.05) is 39.2 Å². The van der Waals surface area contributed by atoms with Crippen molar-refractivity contribution in [1.29, 1.82) is 0 Å². The van der Waals surface area contributed by atoms with Crippen molar-refractivity contribution < 1.29 is 32.2 Å². The molecule has 172 valence electrons. The van der Waals surface area contributed by atoms with Gasteiger partial charge in [0.15, 0.2) is 12.4 Å². The molecule has 2 rings (SSSR count). The number of nitrogens with one attached hydrogen (secondary N) is 2. The first kappa shape index (κ1) is 24.5. The number of anilines is 1. The summed E-state index contributed by atoms with van der Waals surface area (Å²) < 4.78 is 56.6. The normalized spacial score (nSPS) is 13.3. The van der Waals surface area contributed by atoms with Gasteiger partial charge in [0.05, 0.1) is 26.0 Å². The number of nitrogens with zero attached hydrogens (tertiary/aromatic N) is 1. The maximum atomic E-state index is 14.7. The number of benzene rings is 1. The number of carbonyl (C=O) groups is 1. The molecule has 7 nitrogen and oxygen atoms in total. The summed E-state index contributed by atoms with van der Waals surface area (Å²) in [4.78, 5) is 15.7. The van der Waals surface area contributed by atoms with E-state index < -0.39 is 24.8 Å². The Balaban J connectivity index is 1.86. The van der Waals surface area contributed by atoms with E-state index in [-0.39, 0.29) is 32.0 Å². The molecule has 1 aromatic heterocycles. The Morgan fingerprint density at radius 1 is 1.19 bits per heavy atom. The van der Waals surface area contributed by atoms with Crippen LogP contribution in [0.4, 0.5) is 18.9 Å². The van der Waals surface area contributed by atoms with Gasteiger partial charge in [0.2, 0.25) is 0 Å². The number of aromatic amines is 1. The van der Waals surface area contributed by atoms with Crippen molar-refractivity contribution in [2.24, 2.45) is 0 Å². The molecule has 0 fully saturated rings. The lowest BCUT2D eigenvalue weighted by Gasteiger charge is -2.28. The summed E-state index contributed by atoms with van der Waals surface area (Å²) in [6, 6.07) is 8.52. The monoisotopic (exact) mass is 443 g/mol. The van der Waals surface area contributed by atoms with E-state index in [9.17, 15) is 18.0 Å². The summed E-state index contributed by atoms with van der Waals surface area (Å²) in [5.41, 5.74) is 1.42. The van der Waals surface area contributed by atoms with E-state index in [2.05, 4.69) is 10.3 Å². The van der Waals surface area contributed by atoms with Gasteiger partial charge in [-0.1, -0.05) is 12.1 Å². The van der Waals surface area contributed by atoms with Gasteiger partial charge in [-0.3, -0.25) is 4.90 Å².